The first-order chi connectivity index (χ1) is 3.70. The molecule has 46 valence electrons. The molecule has 3 nitrogen and oxygen atoms in total. The molecule has 0 aromatic carbocycles. The van der Waals surface area contributed by atoms with E-state index < -0.39 is 0 Å². The summed E-state index contributed by atoms with van der Waals surface area (Å²) in [5.41, 5.74) is 2.72. The van der Waals surface area contributed by atoms with Gasteiger partial charge in [0, 0.05) is 13.1 Å². The van der Waals surface area contributed by atoms with Crippen LogP contribution in [-0.4, -0.2) is 23.2 Å². The predicted molar refractivity (Wildman–Crippen MR) is 31.1 cm³/mol. The second-order valence-corrected chi connectivity index (χ2v) is 2.02. The highest BCUT2D eigenvalue weighted by Crippen LogP contribution is 2.03. The molecule has 1 aliphatic heterocycles. The van der Waals surface area contributed by atoms with E-state index in [1.165, 1.54) is 0 Å². The van der Waals surface area contributed by atoms with Crippen molar-refractivity contribution in [1.82, 2.24) is 10.4 Å². The molecule has 0 aliphatic carbocycles. The van der Waals surface area contributed by atoms with Crippen LogP contribution in [0.15, 0.2) is 12.0 Å². The predicted octanol–water partition coefficient (Wildman–Crippen LogP) is 0.224. The van der Waals surface area contributed by atoms with E-state index >= 15 is 0 Å². The van der Waals surface area contributed by atoms with Crippen molar-refractivity contribution in [2.45, 2.75) is 13.0 Å². The number of aliphatic hydroxyl groups is 1. The van der Waals surface area contributed by atoms with Gasteiger partial charge in [-0.3, -0.25) is 5.43 Å². The highest BCUT2D eigenvalue weighted by atomic mass is 16.3. The van der Waals surface area contributed by atoms with Gasteiger partial charge in [0.1, 0.15) is 0 Å². The summed E-state index contributed by atoms with van der Waals surface area (Å²) < 4.78 is 0. The van der Waals surface area contributed by atoms with E-state index in [1.807, 2.05) is 19.0 Å². The lowest BCUT2D eigenvalue weighted by Gasteiger charge is -2.13. The topological polar surface area (TPSA) is 35.5 Å². The third-order valence-corrected chi connectivity index (χ3v) is 1.30. The van der Waals surface area contributed by atoms with Gasteiger partial charge >= 0.3 is 0 Å². The Bertz CT molecular complexity index is 122. The van der Waals surface area contributed by atoms with Crippen LogP contribution in [0, 0.1) is 0 Å². The van der Waals surface area contributed by atoms with Crippen molar-refractivity contribution >= 4 is 0 Å². The second kappa shape index (κ2) is 1.67. The zero-order chi connectivity index (χ0) is 6.15. The Hall–Kier alpha value is -0.700. The van der Waals surface area contributed by atoms with E-state index in [1.54, 1.807) is 6.08 Å². The van der Waals surface area contributed by atoms with Crippen molar-refractivity contribution in [3.8, 4) is 0 Å². The molecule has 0 aromatic heterocycles. The van der Waals surface area contributed by atoms with Gasteiger partial charge in [-0.2, -0.15) is 0 Å². The van der Waals surface area contributed by atoms with Crippen molar-refractivity contribution < 1.29 is 5.11 Å². The van der Waals surface area contributed by atoms with Gasteiger partial charge in [0.15, 0.2) is 5.88 Å². The molecular formula is C5H10N2O. The number of rotatable bonds is 0. The maximum Gasteiger partial charge on any atom is 0.196 e. The van der Waals surface area contributed by atoms with E-state index in [0.29, 0.717) is 6.04 Å². The molecule has 1 rings (SSSR count). The fraction of sp³-hybridized carbons (Fsp3) is 0.600. The van der Waals surface area contributed by atoms with Crippen molar-refractivity contribution in [2.75, 3.05) is 7.05 Å². The van der Waals surface area contributed by atoms with Gasteiger partial charge in [-0.15, -0.1) is 0 Å². The molecule has 0 radical (unpaired) electrons. The molecule has 0 spiro atoms. The van der Waals surface area contributed by atoms with Gasteiger partial charge in [0.2, 0.25) is 0 Å². The van der Waals surface area contributed by atoms with Crippen LogP contribution in [0.4, 0.5) is 0 Å². The number of hydrogen-bond donors (Lipinski definition) is 2. The summed E-state index contributed by atoms with van der Waals surface area (Å²) in [5.74, 6) is 0.250. The Kier molecular flexibility index (Phi) is 1.13. The van der Waals surface area contributed by atoms with Crippen LogP contribution in [0.3, 0.4) is 0 Å². The Morgan fingerprint density at radius 3 is 2.62 bits per heavy atom. The summed E-state index contributed by atoms with van der Waals surface area (Å²) in [6.45, 7) is 2.00. The summed E-state index contributed by atoms with van der Waals surface area (Å²) in [7, 11) is 1.88. The number of hydrazine groups is 1. The number of nitrogens with zero attached hydrogens (tertiary/aromatic N) is 1. The molecule has 0 fully saturated rings. The standard InChI is InChI=1S/C5H10N2O/c1-4-3-5(8)6-7(4)2/h3-4,6,8H,1-2H3. The van der Waals surface area contributed by atoms with Crippen molar-refractivity contribution in [2.24, 2.45) is 0 Å². The van der Waals surface area contributed by atoms with E-state index in [9.17, 15) is 0 Å². The summed E-state index contributed by atoms with van der Waals surface area (Å²) in [5, 5.41) is 10.6. The number of nitrogens with one attached hydrogen (secondary N) is 1. The quantitative estimate of drug-likeness (QED) is 0.473. The highest BCUT2D eigenvalue weighted by Gasteiger charge is 2.14. The highest BCUT2D eigenvalue weighted by molar-refractivity contribution is 5.00. The third kappa shape index (κ3) is 0.767. The molecule has 0 saturated heterocycles. The van der Waals surface area contributed by atoms with E-state index in [-0.39, 0.29) is 5.88 Å². The Labute approximate surface area is 48.6 Å². The SMILES string of the molecule is CC1C=C(O)NN1C. The van der Waals surface area contributed by atoms with Crippen molar-refractivity contribution in [3.63, 3.8) is 0 Å². The fourth-order valence-electron chi connectivity index (χ4n) is 0.660. The van der Waals surface area contributed by atoms with Gasteiger partial charge in [-0.1, -0.05) is 0 Å². The molecule has 1 atom stereocenters. The lowest BCUT2D eigenvalue weighted by molar-refractivity contribution is 0.215. The minimum Gasteiger partial charge on any atom is -0.494 e. The molecule has 8 heavy (non-hydrogen) atoms. The van der Waals surface area contributed by atoms with Crippen LogP contribution < -0.4 is 5.43 Å². The van der Waals surface area contributed by atoms with Gasteiger partial charge in [-0.05, 0) is 13.0 Å². The van der Waals surface area contributed by atoms with Crippen LogP contribution in [-0.2, 0) is 0 Å². The number of likely N-dealkylation sites (N-methyl/N-ethyl adjacent to an activating group) is 1. The van der Waals surface area contributed by atoms with Gasteiger partial charge in [0.05, 0.1) is 0 Å². The molecule has 1 heterocycles. The lowest BCUT2D eigenvalue weighted by atomic mass is 10.3. The molecule has 0 bridgehead atoms. The lowest BCUT2D eigenvalue weighted by Crippen LogP contribution is -2.32. The van der Waals surface area contributed by atoms with Gasteiger partial charge in [-0.25, -0.2) is 5.01 Å². The van der Waals surface area contributed by atoms with E-state index in [0.717, 1.165) is 0 Å². The molecule has 3 heteroatoms. The van der Waals surface area contributed by atoms with Crippen LogP contribution in [0.1, 0.15) is 6.92 Å². The molecule has 2 N–H and O–H groups in total. The maximum absolute atomic E-state index is 8.78. The van der Waals surface area contributed by atoms with Crippen LogP contribution in [0.2, 0.25) is 0 Å². The third-order valence-electron chi connectivity index (χ3n) is 1.30. The molecular weight excluding hydrogens is 104 g/mol. The fourth-order valence-corrected chi connectivity index (χ4v) is 0.660. The number of hydrogen-bond acceptors (Lipinski definition) is 3. The normalized spacial score (nSPS) is 29.8. The smallest absolute Gasteiger partial charge is 0.196 e. The molecule has 0 aromatic rings. The average Bonchev–Trinajstić information content (AvgIpc) is 1.85. The summed E-state index contributed by atoms with van der Waals surface area (Å²) in [4.78, 5) is 0. The summed E-state index contributed by atoms with van der Waals surface area (Å²) >= 11 is 0. The maximum atomic E-state index is 8.78. The van der Waals surface area contributed by atoms with Crippen molar-refractivity contribution in [1.29, 1.82) is 0 Å². The summed E-state index contributed by atoms with van der Waals surface area (Å²) in [6, 6.07) is 0.301. The van der Waals surface area contributed by atoms with Crippen LogP contribution in [0.5, 0.6) is 0 Å². The van der Waals surface area contributed by atoms with E-state index in [2.05, 4.69) is 5.43 Å². The first-order valence-corrected chi connectivity index (χ1v) is 2.60. The minimum atomic E-state index is 0.250. The largest absolute Gasteiger partial charge is 0.494 e. The Morgan fingerprint density at radius 1 is 1.88 bits per heavy atom. The average molecular weight is 114 g/mol. The molecule has 0 saturated carbocycles. The molecule has 1 unspecified atom stereocenters. The first kappa shape index (κ1) is 5.44. The van der Waals surface area contributed by atoms with E-state index in [4.69, 9.17) is 5.11 Å². The molecule has 0 amide bonds. The second-order valence-electron chi connectivity index (χ2n) is 2.02. The minimum absolute atomic E-state index is 0.250. The monoisotopic (exact) mass is 114 g/mol. The first-order valence-electron chi connectivity index (χ1n) is 2.60. The zero-order valence-corrected chi connectivity index (χ0v) is 5.05. The zero-order valence-electron chi connectivity index (χ0n) is 5.05. The Morgan fingerprint density at radius 2 is 2.50 bits per heavy atom. The summed E-state index contributed by atoms with van der Waals surface area (Å²) in [6.07, 6.45) is 1.75. The van der Waals surface area contributed by atoms with Gasteiger partial charge in [0.25, 0.3) is 0 Å². The van der Waals surface area contributed by atoms with Crippen LogP contribution in [0.25, 0.3) is 0 Å². The Balaban J connectivity index is 2.56. The van der Waals surface area contributed by atoms with Crippen molar-refractivity contribution in [3.05, 3.63) is 12.0 Å². The van der Waals surface area contributed by atoms with Crippen LogP contribution >= 0.6 is 0 Å². The number of aliphatic hydroxyl groups excluding tert-OH is 1. The molecule has 1 aliphatic rings. The van der Waals surface area contributed by atoms with Gasteiger partial charge < -0.3 is 5.11 Å².